The van der Waals surface area contributed by atoms with Crippen molar-refractivity contribution in [3.63, 3.8) is 0 Å². The molecule has 0 unspecified atom stereocenters. The van der Waals surface area contributed by atoms with Crippen LogP contribution in [0.5, 0.6) is 5.75 Å². The predicted molar refractivity (Wildman–Crippen MR) is 136 cm³/mol. The number of methoxy groups -OCH3 is 2. The van der Waals surface area contributed by atoms with Gasteiger partial charge in [-0.25, -0.2) is 0 Å². The van der Waals surface area contributed by atoms with Crippen LogP contribution >= 0.6 is 0 Å². The maximum Gasteiger partial charge on any atom is 0.159 e. The number of rotatable bonds is 7. The fraction of sp³-hybridized carbons (Fsp3) is 0.385. The van der Waals surface area contributed by atoms with E-state index in [-0.39, 0.29) is 17.9 Å². The zero-order valence-electron chi connectivity index (χ0n) is 20.1. The summed E-state index contributed by atoms with van der Waals surface area (Å²) in [7, 11) is 3.38. The molecule has 0 saturated carbocycles. The molecule has 0 atom stereocenters. The van der Waals surface area contributed by atoms with Crippen LogP contribution in [0.2, 0.25) is 0 Å². The molecule has 2 aromatic rings. The lowest BCUT2D eigenvalue weighted by Gasteiger charge is -2.36. The first-order valence-electron chi connectivity index (χ1n) is 11.4. The molecule has 1 heterocycles. The SMILES string of the molecule is CC.COC(OC)C1CCN(c2ccc(C(/C=C(\N)c3ccccc3O)=C(N)N)cc2)CC1. The van der Waals surface area contributed by atoms with Gasteiger partial charge in [-0.3, -0.25) is 0 Å². The van der Waals surface area contributed by atoms with E-state index in [4.69, 9.17) is 26.7 Å². The molecule has 1 aliphatic rings. The molecule has 1 saturated heterocycles. The third-order valence-corrected chi connectivity index (χ3v) is 5.76. The number of anilines is 1. The highest BCUT2D eigenvalue weighted by atomic mass is 16.7. The second kappa shape index (κ2) is 12.8. The topological polar surface area (TPSA) is 120 Å². The number of ether oxygens (including phenoxy) is 2. The molecule has 1 aliphatic heterocycles. The Hall–Kier alpha value is -3.16. The first-order chi connectivity index (χ1) is 15.9. The van der Waals surface area contributed by atoms with Crippen LogP contribution < -0.4 is 22.1 Å². The Kier molecular flexibility index (Phi) is 10.1. The maximum atomic E-state index is 10.0. The van der Waals surface area contributed by atoms with Crippen molar-refractivity contribution >= 4 is 17.0 Å². The fourth-order valence-corrected chi connectivity index (χ4v) is 4.05. The van der Waals surface area contributed by atoms with Gasteiger partial charge >= 0.3 is 0 Å². The molecule has 33 heavy (non-hydrogen) atoms. The Morgan fingerprint density at radius 2 is 1.55 bits per heavy atom. The van der Waals surface area contributed by atoms with Gasteiger partial charge < -0.3 is 36.7 Å². The molecular formula is C26H38N4O3. The third kappa shape index (κ3) is 6.66. The maximum absolute atomic E-state index is 10.0. The summed E-state index contributed by atoms with van der Waals surface area (Å²) in [6.45, 7) is 5.88. The van der Waals surface area contributed by atoms with Gasteiger partial charge in [0, 0.05) is 55.7 Å². The molecule has 3 rings (SSSR count). The van der Waals surface area contributed by atoms with Gasteiger partial charge in [0.1, 0.15) is 11.6 Å². The number of phenols is 1. The van der Waals surface area contributed by atoms with Crippen molar-refractivity contribution in [3.05, 3.63) is 71.6 Å². The summed E-state index contributed by atoms with van der Waals surface area (Å²) in [4.78, 5) is 2.35. The van der Waals surface area contributed by atoms with Gasteiger partial charge in [-0.15, -0.1) is 0 Å². The lowest BCUT2D eigenvalue weighted by Crippen LogP contribution is -2.39. The summed E-state index contributed by atoms with van der Waals surface area (Å²) in [5.41, 5.74) is 21.6. The molecule has 0 bridgehead atoms. The van der Waals surface area contributed by atoms with E-state index in [1.807, 2.05) is 32.0 Å². The van der Waals surface area contributed by atoms with E-state index >= 15 is 0 Å². The average molecular weight is 455 g/mol. The van der Waals surface area contributed by atoms with Gasteiger partial charge in [0.05, 0.1) is 0 Å². The zero-order chi connectivity index (χ0) is 24.4. The summed E-state index contributed by atoms with van der Waals surface area (Å²) in [5.74, 6) is 0.672. The highest BCUT2D eigenvalue weighted by Crippen LogP contribution is 2.29. The minimum absolute atomic E-state index is 0.106. The number of aromatic hydroxyl groups is 1. The number of nitrogens with zero attached hydrogens (tertiary/aromatic N) is 1. The standard InChI is InChI=1S/C24H32N4O3.C2H6/c1-30-24(31-2)17-11-13-28(14-12-17)18-9-7-16(8-10-18)20(23(26)27)15-21(25)19-5-3-4-6-22(19)29;1-2/h3-10,15,17,24,29H,11-14,25-27H2,1-2H3;1-2H3/b21-15-;. The van der Waals surface area contributed by atoms with E-state index in [1.165, 1.54) is 0 Å². The van der Waals surface area contributed by atoms with Gasteiger partial charge in [0.15, 0.2) is 6.29 Å². The minimum Gasteiger partial charge on any atom is -0.507 e. The molecular weight excluding hydrogens is 416 g/mol. The smallest absolute Gasteiger partial charge is 0.159 e. The fourth-order valence-electron chi connectivity index (χ4n) is 4.05. The summed E-state index contributed by atoms with van der Waals surface area (Å²) in [6, 6.07) is 15.0. The average Bonchev–Trinajstić information content (AvgIpc) is 2.85. The number of phenolic OH excluding ortho intramolecular Hbond substituents is 1. The van der Waals surface area contributed by atoms with Gasteiger partial charge in [-0.05, 0) is 48.7 Å². The molecule has 7 heteroatoms. The molecule has 2 aromatic carbocycles. The second-order valence-corrected chi connectivity index (χ2v) is 7.70. The van der Waals surface area contributed by atoms with Crippen LogP contribution in [-0.4, -0.2) is 38.7 Å². The van der Waals surface area contributed by atoms with E-state index in [1.54, 1.807) is 38.5 Å². The van der Waals surface area contributed by atoms with E-state index in [9.17, 15) is 5.11 Å². The molecule has 7 N–H and O–H groups in total. The molecule has 0 amide bonds. The Morgan fingerprint density at radius 1 is 0.970 bits per heavy atom. The van der Waals surface area contributed by atoms with Gasteiger partial charge in [-0.2, -0.15) is 0 Å². The Bertz CT molecular complexity index is 925. The quantitative estimate of drug-likeness (QED) is 0.371. The van der Waals surface area contributed by atoms with Crippen LogP contribution in [0.25, 0.3) is 11.3 Å². The largest absolute Gasteiger partial charge is 0.507 e. The number of hydrogen-bond donors (Lipinski definition) is 4. The Labute approximate surface area is 197 Å². The van der Waals surface area contributed by atoms with Gasteiger partial charge in [0.25, 0.3) is 0 Å². The molecule has 7 nitrogen and oxygen atoms in total. The van der Waals surface area contributed by atoms with Crippen molar-refractivity contribution in [2.75, 3.05) is 32.2 Å². The highest BCUT2D eigenvalue weighted by Gasteiger charge is 2.26. The number of nitrogens with two attached hydrogens (primary N) is 3. The number of hydrogen-bond acceptors (Lipinski definition) is 7. The van der Waals surface area contributed by atoms with E-state index < -0.39 is 0 Å². The lowest BCUT2D eigenvalue weighted by atomic mass is 9.95. The van der Waals surface area contributed by atoms with Gasteiger partial charge in [0.2, 0.25) is 0 Å². The van der Waals surface area contributed by atoms with Crippen LogP contribution in [-0.2, 0) is 9.47 Å². The van der Waals surface area contributed by atoms with Crippen molar-refractivity contribution in [1.29, 1.82) is 0 Å². The third-order valence-electron chi connectivity index (χ3n) is 5.76. The summed E-state index contributed by atoms with van der Waals surface area (Å²) in [5, 5.41) is 10.0. The second-order valence-electron chi connectivity index (χ2n) is 7.70. The van der Waals surface area contributed by atoms with Crippen molar-refractivity contribution in [1.82, 2.24) is 0 Å². The van der Waals surface area contributed by atoms with E-state index in [0.717, 1.165) is 37.2 Å². The van der Waals surface area contributed by atoms with Crippen molar-refractivity contribution in [3.8, 4) is 5.75 Å². The molecule has 1 fully saturated rings. The summed E-state index contributed by atoms with van der Waals surface area (Å²) < 4.78 is 10.8. The first kappa shape index (κ1) is 26.1. The van der Waals surface area contributed by atoms with Crippen LogP contribution in [0.15, 0.2) is 60.4 Å². The molecule has 180 valence electrons. The number of benzene rings is 2. The lowest BCUT2D eigenvalue weighted by molar-refractivity contribution is -0.141. The van der Waals surface area contributed by atoms with Crippen LogP contribution in [0.1, 0.15) is 37.8 Å². The molecule has 0 aliphatic carbocycles. The molecule has 0 radical (unpaired) electrons. The number of para-hydroxylation sites is 1. The monoisotopic (exact) mass is 454 g/mol. The van der Waals surface area contributed by atoms with E-state index in [2.05, 4.69) is 17.0 Å². The van der Waals surface area contributed by atoms with Crippen molar-refractivity contribution in [2.45, 2.75) is 33.0 Å². The normalized spacial score (nSPS) is 14.6. The van der Waals surface area contributed by atoms with Crippen molar-refractivity contribution in [2.24, 2.45) is 23.1 Å². The first-order valence-corrected chi connectivity index (χ1v) is 11.4. The number of piperidine rings is 1. The number of allylic oxidation sites excluding steroid dienone is 2. The van der Waals surface area contributed by atoms with Crippen LogP contribution in [0, 0.1) is 5.92 Å². The Balaban J connectivity index is 0.00000187. The van der Waals surface area contributed by atoms with E-state index in [0.29, 0.717) is 22.8 Å². The highest BCUT2D eigenvalue weighted by molar-refractivity contribution is 5.85. The predicted octanol–water partition coefficient (Wildman–Crippen LogP) is 3.84. The zero-order valence-corrected chi connectivity index (χ0v) is 20.1. The van der Waals surface area contributed by atoms with Crippen molar-refractivity contribution < 1.29 is 14.6 Å². The summed E-state index contributed by atoms with van der Waals surface area (Å²) in [6.07, 6.45) is 3.57. The van der Waals surface area contributed by atoms with Crippen LogP contribution in [0.3, 0.4) is 0 Å². The molecule has 0 aromatic heterocycles. The Morgan fingerprint density at radius 3 is 2.06 bits per heavy atom. The minimum atomic E-state index is -0.147. The summed E-state index contributed by atoms with van der Waals surface area (Å²) >= 11 is 0. The molecule has 0 spiro atoms. The van der Waals surface area contributed by atoms with Crippen LogP contribution in [0.4, 0.5) is 5.69 Å². The van der Waals surface area contributed by atoms with Gasteiger partial charge in [-0.1, -0.05) is 38.1 Å².